The minimum absolute atomic E-state index is 0.0654. The van der Waals surface area contributed by atoms with Gasteiger partial charge in [-0.05, 0) is 39.8 Å². The van der Waals surface area contributed by atoms with Crippen molar-refractivity contribution in [2.45, 2.75) is 44.3 Å². The van der Waals surface area contributed by atoms with Gasteiger partial charge in [-0.25, -0.2) is 4.79 Å². The Labute approximate surface area is 143 Å². The van der Waals surface area contributed by atoms with Gasteiger partial charge in [-0.15, -0.1) is 0 Å². The van der Waals surface area contributed by atoms with Crippen molar-refractivity contribution >= 4 is 16.1 Å². The highest BCUT2D eigenvalue weighted by atomic mass is 32.2. The van der Waals surface area contributed by atoms with Gasteiger partial charge in [0.25, 0.3) is 10.1 Å². The van der Waals surface area contributed by atoms with Gasteiger partial charge in [0.05, 0.1) is 18.1 Å². The van der Waals surface area contributed by atoms with Crippen molar-refractivity contribution in [3.8, 4) is 0 Å². The SMILES string of the molecule is Cc1ccc(S(=O)(=O)OCCOC(CN)C(=O)OC(C)(C)C)cc1. The Morgan fingerprint density at radius 3 is 2.25 bits per heavy atom. The molecule has 7 nitrogen and oxygen atoms in total. The maximum atomic E-state index is 12.0. The van der Waals surface area contributed by atoms with E-state index >= 15 is 0 Å². The topological polar surface area (TPSA) is 105 Å². The number of rotatable bonds is 8. The van der Waals surface area contributed by atoms with Crippen LogP contribution in [0.2, 0.25) is 0 Å². The third kappa shape index (κ3) is 6.96. The first-order valence-corrected chi connectivity index (χ1v) is 8.96. The van der Waals surface area contributed by atoms with E-state index in [1.807, 2.05) is 6.92 Å². The van der Waals surface area contributed by atoms with Crippen molar-refractivity contribution in [3.63, 3.8) is 0 Å². The second kappa shape index (κ2) is 8.57. The van der Waals surface area contributed by atoms with Gasteiger partial charge >= 0.3 is 5.97 Å². The highest BCUT2D eigenvalue weighted by molar-refractivity contribution is 7.86. The van der Waals surface area contributed by atoms with E-state index in [1.165, 1.54) is 12.1 Å². The molecule has 0 saturated carbocycles. The third-order valence-corrected chi connectivity index (χ3v) is 4.16. The number of nitrogens with two attached hydrogens (primary N) is 1. The summed E-state index contributed by atoms with van der Waals surface area (Å²) in [6.45, 7) is 6.65. The second-order valence-electron chi connectivity index (χ2n) is 6.22. The van der Waals surface area contributed by atoms with E-state index in [9.17, 15) is 13.2 Å². The molecule has 24 heavy (non-hydrogen) atoms. The second-order valence-corrected chi connectivity index (χ2v) is 7.83. The number of aryl methyl sites for hydroxylation is 1. The minimum Gasteiger partial charge on any atom is -0.458 e. The normalized spacial score (nSPS) is 13.5. The van der Waals surface area contributed by atoms with E-state index in [1.54, 1.807) is 32.9 Å². The summed E-state index contributed by atoms with van der Waals surface area (Å²) in [5, 5.41) is 0. The van der Waals surface area contributed by atoms with E-state index in [-0.39, 0.29) is 24.7 Å². The monoisotopic (exact) mass is 359 g/mol. The van der Waals surface area contributed by atoms with Crippen molar-refractivity contribution < 1.29 is 26.9 Å². The molecule has 1 aromatic carbocycles. The van der Waals surface area contributed by atoms with Gasteiger partial charge in [-0.2, -0.15) is 8.42 Å². The van der Waals surface area contributed by atoms with Crippen LogP contribution in [-0.2, 0) is 28.6 Å². The molecule has 0 aliphatic heterocycles. The van der Waals surface area contributed by atoms with Crippen molar-refractivity contribution in [1.82, 2.24) is 0 Å². The quantitative estimate of drug-likeness (QED) is 0.425. The fourth-order valence-corrected chi connectivity index (χ4v) is 2.60. The summed E-state index contributed by atoms with van der Waals surface area (Å²) in [5.74, 6) is -0.591. The van der Waals surface area contributed by atoms with Crippen molar-refractivity contribution in [2.24, 2.45) is 5.73 Å². The first-order chi connectivity index (χ1) is 11.0. The Morgan fingerprint density at radius 2 is 1.75 bits per heavy atom. The maximum absolute atomic E-state index is 12.0. The fourth-order valence-electron chi connectivity index (χ4n) is 1.71. The maximum Gasteiger partial charge on any atom is 0.337 e. The Kier molecular flexibility index (Phi) is 7.34. The molecule has 0 saturated heterocycles. The predicted molar refractivity (Wildman–Crippen MR) is 89.0 cm³/mol. The molecule has 1 unspecified atom stereocenters. The summed E-state index contributed by atoms with van der Waals surface area (Å²) in [5.41, 5.74) is 5.77. The molecule has 136 valence electrons. The molecule has 0 bridgehead atoms. The van der Waals surface area contributed by atoms with Crippen LogP contribution in [0.25, 0.3) is 0 Å². The molecule has 8 heteroatoms. The molecule has 0 aliphatic carbocycles. The van der Waals surface area contributed by atoms with Crippen LogP contribution < -0.4 is 5.73 Å². The highest BCUT2D eigenvalue weighted by Gasteiger charge is 2.25. The van der Waals surface area contributed by atoms with E-state index in [0.29, 0.717) is 0 Å². The molecule has 0 radical (unpaired) electrons. The molecule has 1 aromatic rings. The summed E-state index contributed by atoms with van der Waals surface area (Å²) in [7, 11) is -3.86. The molecule has 1 atom stereocenters. The number of ether oxygens (including phenoxy) is 2. The summed E-state index contributed by atoms with van der Waals surface area (Å²) in [6, 6.07) is 6.29. The molecule has 0 heterocycles. The lowest BCUT2D eigenvalue weighted by Crippen LogP contribution is -2.38. The van der Waals surface area contributed by atoms with E-state index in [0.717, 1.165) is 5.56 Å². The standard InChI is InChI=1S/C16H25NO6S/c1-12-5-7-13(8-6-12)24(19,20)22-10-9-21-14(11-17)15(18)23-16(2,3)4/h5-8,14H,9-11,17H2,1-4H3. The number of carbonyl (C=O) groups excluding carboxylic acids is 1. The van der Waals surface area contributed by atoms with Gasteiger partial charge in [0.1, 0.15) is 5.60 Å². The number of carbonyl (C=O) groups is 1. The van der Waals surface area contributed by atoms with Crippen LogP contribution in [0.5, 0.6) is 0 Å². The molecular weight excluding hydrogens is 334 g/mol. The smallest absolute Gasteiger partial charge is 0.337 e. The van der Waals surface area contributed by atoms with E-state index in [4.69, 9.17) is 19.4 Å². The lowest BCUT2D eigenvalue weighted by molar-refractivity contribution is -0.168. The summed E-state index contributed by atoms with van der Waals surface area (Å²) in [4.78, 5) is 11.9. The zero-order valence-electron chi connectivity index (χ0n) is 14.4. The predicted octanol–water partition coefficient (Wildman–Crippen LogP) is 1.39. The molecule has 0 aliphatic rings. The van der Waals surface area contributed by atoms with E-state index < -0.39 is 27.8 Å². The zero-order chi connectivity index (χ0) is 18.4. The average molecular weight is 359 g/mol. The van der Waals surface area contributed by atoms with Crippen LogP contribution in [0, 0.1) is 6.92 Å². The molecule has 0 aromatic heterocycles. The minimum atomic E-state index is -3.86. The number of hydrogen-bond donors (Lipinski definition) is 1. The zero-order valence-corrected chi connectivity index (χ0v) is 15.3. The molecule has 0 spiro atoms. The summed E-state index contributed by atoms with van der Waals surface area (Å²) in [6.07, 6.45) is -0.963. The lowest BCUT2D eigenvalue weighted by Gasteiger charge is -2.23. The van der Waals surface area contributed by atoms with Crippen molar-refractivity contribution in [1.29, 1.82) is 0 Å². The lowest BCUT2D eigenvalue weighted by atomic mass is 10.2. The molecule has 2 N–H and O–H groups in total. The number of hydrogen-bond acceptors (Lipinski definition) is 7. The first-order valence-electron chi connectivity index (χ1n) is 7.56. The van der Waals surface area contributed by atoms with E-state index in [2.05, 4.69) is 0 Å². The Morgan fingerprint density at radius 1 is 1.17 bits per heavy atom. The van der Waals surface area contributed by atoms with Gasteiger partial charge in [0.15, 0.2) is 6.10 Å². The molecule has 0 fully saturated rings. The highest BCUT2D eigenvalue weighted by Crippen LogP contribution is 2.13. The Hall–Kier alpha value is -1.48. The average Bonchev–Trinajstić information content (AvgIpc) is 2.45. The Bertz CT molecular complexity index is 634. The van der Waals surface area contributed by atoms with Crippen LogP contribution in [-0.4, -0.2) is 45.9 Å². The molecule has 1 rings (SSSR count). The summed E-state index contributed by atoms with van der Waals surface area (Å²) >= 11 is 0. The first kappa shape index (κ1) is 20.6. The number of benzene rings is 1. The Balaban J connectivity index is 2.48. The van der Waals surface area contributed by atoms with Gasteiger partial charge < -0.3 is 15.2 Å². The van der Waals surface area contributed by atoms with Crippen LogP contribution in [0.1, 0.15) is 26.3 Å². The van der Waals surface area contributed by atoms with Gasteiger partial charge in [-0.1, -0.05) is 17.7 Å². The van der Waals surface area contributed by atoms with Crippen LogP contribution in [0.15, 0.2) is 29.2 Å². The third-order valence-electron chi connectivity index (χ3n) is 2.83. The molecular formula is C16H25NO6S. The summed E-state index contributed by atoms with van der Waals surface area (Å²) < 4.78 is 39.3. The molecule has 0 amide bonds. The van der Waals surface area contributed by atoms with Crippen molar-refractivity contribution in [2.75, 3.05) is 19.8 Å². The van der Waals surface area contributed by atoms with Crippen LogP contribution in [0.3, 0.4) is 0 Å². The van der Waals surface area contributed by atoms with Crippen LogP contribution >= 0.6 is 0 Å². The number of esters is 1. The fraction of sp³-hybridized carbons (Fsp3) is 0.562. The van der Waals surface area contributed by atoms with Gasteiger partial charge in [0, 0.05) is 6.54 Å². The van der Waals surface area contributed by atoms with Gasteiger partial charge in [0.2, 0.25) is 0 Å². The van der Waals surface area contributed by atoms with Crippen molar-refractivity contribution in [3.05, 3.63) is 29.8 Å². The van der Waals surface area contributed by atoms with Gasteiger partial charge in [-0.3, -0.25) is 4.18 Å². The largest absolute Gasteiger partial charge is 0.458 e. The van der Waals surface area contributed by atoms with Crippen LogP contribution in [0.4, 0.5) is 0 Å².